The molecule has 0 unspecified atom stereocenters. The molecule has 11 heavy (non-hydrogen) atoms. The van der Waals surface area contributed by atoms with Crippen LogP contribution < -0.4 is 0 Å². The van der Waals surface area contributed by atoms with Crippen molar-refractivity contribution in [3.8, 4) is 0 Å². The van der Waals surface area contributed by atoms with E-state index in [1.54, 1.807) is 0 Å². The van der Waals surface area contributed by atoms with E-state index in [0.29, 0.717) is 11.5 Å². The normalized spacial score (nSPS) is 26.1. The molecule has 1 aliphatic heterocycles. The average molecular weight is 400 g/mol. The molecule has 0 radical (unpaired) electrons. The summed E-state index contributed by atoms with van der Waals surface area (Å²) in [6.45, 7) is 6.90. The largest absolute Gasteiger partial charge is 2.00 e. The Hall–Kier alpha value is 0.672. The molecule has 1 heterocycles. The fraction of sp³-hybridized carbons (Fsp3) is 0.667. The first-order valence-corrected chi connectivity index (χ1v) is 4.69. The third-order valence-electron chi connectivity index (χ3n) is 1.33. The van der Waals surface area contributed by atoms with Crippen molar-refractivity contribution in [2.75, 3.05) is 11.5 Å². The van der Waals surface area contributed by atoms with E-state index in [0.717, 1.165) is 6.42 Å². The van der Waals surface area contributed by atoms with E-state index in [1.807, 2.05) is 0 Å². The molecule has 0 amide bonds. The number of hydrogen-bond acceptors (Lipinski definition) is 3. The molecule has 1 fully saturated rings. The smallest absolute Gasteiger partial charge is 0.545 e. The van der Waals surface area contributed by atoms with Gasteiger partial charge in [0.1, 0.15) is 9.84 Å². The zero-order valence-electron chi connectivity index (χ0n) is 6.12. The topological polar surface area (TPSA) is 51.2 Å². The summed E-state index contributed by atoms with van der Waals surface area (Å²) in [4.78, 5) is 7.75. The average Bonchev–Trinajstić information content (AvgIpc) is 2.15. The molecule has 0 spiro atoms. The molecule has 1 atom stereocenters. The maximum absolute atomic E-state index is 10.6. The van der Waals surface area contributed by atoms with E-state index in [2.05, 4.69) is 13.7 Å². The van der Waals surface area contributed by atoms with E-state index >= 15 is 0 Å². The molecule has 3 nitrogen and oxygen atoms in total. The quantitative estimate of drug-likeness (QED) is 0.425. The van der Waals surface area contributed by atoms with Crippen molar-refractivity contribution in [1.29, 1.82) is 0 Å². The molecule has 5 heteroatoms. The van der Waals surface area contributed by atoms with Gasteiger partial charge in [0.05, 0.1) is 0 Å². The van der Waals surface area contributed by atoms with Crippen LogP contribution in [0.5, 0.6) is 0 Å². The fourth-order valence-corrected chi connectivity index (χ4v) is 2.62. The van der Waals surface area contributed by atoms with Crippen molar-refractivity contribution in [3.63, 3.8) is 0 Å². The molecule has 0 bridgehead atoms. The van der Waals surface area contributed by atoms with Crippen LogP contribution in [0.1, 0.15) is 6.42 Å². The van der Waals surface area contributed by atoms with Gasteiger partial charge in [-0.25, -0.2) is 8.42 Å². The van der Waals surface area contributed by atoms with Gasteiger partial charge in [0, 0.05) is 11.5 Å². The summed E-state index contributed by atoms with van der Waals surface area (Å²) in [7, 11) is -2.66. The molecule has 0 aromatic rings. The van der Waals surface area contributed by atoms with Gasteiger partial charge in [0.25, 0.3) is 0 Å². The number of carbonyl (C=O) groups excluding carboxylic acids is 1. The molecule has 0 aromatic heterocycles. The molecule has 62 valence electrons. The second-order valence-electron chi connectivity index (χ2n) is 2.27. The van der Waals surface area contributed by atoms with Gasteiger partial charge in [-0.1, -0.05) is 6.42 Å². The Morgan fingerprint density at radius 3 is 1.91 bits per heavy atom. The second kappa shape index (κ2) is 6.22. The molecule has 0 aromatic carbocycles. The molecule has 1 saturated heterocycles. The molecule has 1 rings (SSSR count). The van der Waals surface area contributed by atoms with E-state index < -0.39 is 9.84 Å². The second-order valence-corrected chi connectivity index (χ2v) is 4.50. The molecular formula is C6H10O3SU. The fourth-order valence-electron chi connectivity index (χ4n) is 0.872. The summed E-state index contributed by atoms with van der Waals surface area (Å²) in [5.74, 6) is 0.800. The van der Waals surface area contributed by atoms with Crippen molar-refractivity contribution in [2.45, 2.75) is 6.42 Å². The number of rotatable bonds is 0. The standard InChI is InChI=1S/C5H9O2S.CHO.U/c1-5-2-3-8(6,7)4-5;1-2;/h5H,1-4H2;1H;/q2*-1;+2/t5-;;/m0../s1. The van der Waals surface area contributed by atoms with Crippen LogP contribution >= 0.6 is 0 Å². The third-order valence-corrected chi connectivity index (χ3v) is 3.16. The van der Waals surface area contributed by atoms with Gasteiger partial charge < -0.3 is 11.7 Å². The Morgan fingerprint density at radius 2 is 1.82 bits per heavy atom. The maximum Gasteiger partial charge on any atom is 2.00 e. The van der Waals surface area contributed by atoms with Gasteiger partial charge in [0.15, 0.2) is 0 Å². The van der Waals surface area contributed by atoms with Gasteiger partial charge in [-0.2, -0.15) is 5.92 Å². The molecule has 0 saturated carbocycles. The van der Waals surface area contributed by atoms with E-state index in [1.165, 1.54) is 0 Å². The monoisotopic (exact) mass is 400 g/mol. The molecule has 0 aliphatic carbocycles. The summed E-state index contributed by atoms with van der Waals surface area (Å²) >= 11 is 0. The van der Waals surface area contributed by atoms with Crippen LogP contribution in [0.3, 0.4) is 0 Å². The van der Waals surface area contributed by atoms with Crippen LogP contribution in [-0.4, -0.2) is 26.7 Å². The SMILES string of the molecule is [CH-]=O.[CH2-][C@H]1CCS(=O)(=O)C1.[U+2]. The Morgan fingerprint density at radius 1 is 1.36 bits per heavy atom. The third kappa shape index (κ3) is 5.89. The van der Waals surface area contributed by atoms with Crippen molar-refractivity contribution >= 4 is 16.6 Å². The Balaban J connectivity index is 0. The first-order valence-electron chi connectivity index (χ1n) is 2.87. The van der Waals surface area contributed by atoms with Crippen LogP contribution in [0.4, 0.5) is 0 Å². The minimum Gasteiger partial charge on any atom is -0.545 e. The predicted molar refractivity (Wildman–Crippen MR) is 38.9 cm³/mol. The predicted octanol–water partition coefficient (Wildman–Crippen LogP) is -0.0189. The Bertz CT molecular complexity index is 188. The Labute approximate surface area is 91.2 Å². The van der Waals surface area contributed by atoms with Gasteiger partial charge >= 0.3 is 31.1 Å². The van der Waals surface area contributed by atoms with Crippen molar-refractivity contribution in [2.24, 2.45) is 5.92 Å². The molecule has 0 N–H and O–H groups in total. The summed E-state index contributed by atoms with van der Waals surface area (Å²) < 4.78 is 21.2. The number of sulfone groups is 1. The van der Waals surface area contributed by atoms with Gasteiger partial charge in [0.2, 0.25) is 0 Å². The van der Waals surface area contributed by atoms with Gasteiger partial charge in [-0.15, -0.1) is 0 Å². The minimum absolute atomic E-state index is 0. The zero-order chi connectivity index (χ0) is 8.20. The van der Waals surface area contributed by atoms with Crippen LogP contribution in [-0.2, 0) is 14.6 Å². The van der Waals surface area contributed by atoms with Crippen LogP contribution in [0.15, 0.2) is 0 Å². The summed E-state index contributed by atoms with van der Waals surface area (Å²) in [5, 5.41) is 0. The van der Waals surface area contributed by atoms with Crippen molar-refractivity contribution in [3.05, 3.63) is 6.92 Å². The minimum atomic E-state index is -2.66. The first kappa shape index (κ1) is 14.2. The Kier molecular flexibility index (Phi) is 8.03. The first-order chi connectivity index (χ1) is 4.60. The van der Waals surface area contributed by atoms with Crippen molar-refractivity contribution in [1.82, 2.24) is 0 Å². The summed E-state index contributed by atoms with van der Waals surface area (Å²) in [5.41, 5.74) is 0. The summed E-state index contributed by atoms with van der Waals surface area (Å²) in [6.07, 6.45) is 0.752. The van der Waals surface area contributed by atoms with Crippen molar-refractivity contribution < 1.29 is 44.3 Å². The van der Waals surface area contributed by atoms with E-state index in [4.69, 9.17) is 4.79 Å². The molecule has 1 aliphatic rings. The van der Waals surface area contributed by atoms with Crippen LogP contribution in [0.25, 0.3) is 0 Å². The van der Waals surface area contributed by atoms with Crippen LogP contribution in [0, 0.1) is 44.0 Å². The van der Waals surface area contributed by atoms with E-state index in [-0.39, 0.29) is 37.0 Å². The summed E-state index contributed by atoms with van der Waals surface area (Å²) in [6, 6.07) is 0. The zero-order valence-corrected chi connectivity index (χ0v) is 11.1. The van der Waals surface area contributed by atoms with Gasteiger partial charge in [-0.05, 0) is 0 Å². The van der Waals surface area contributed by atoms with Crippen LogP contribution in [0.2, 0.25) is 0 Å². The molecular weight excluding hydrogens is 390 g/mol. The maximum atomic E-state index is 10.6. The number of hydrogen-bond donors (Lipinski definition) is 0. The van der Waals surface area contributed by atoms with Gasteiger partial charge in [-0.3, -0.25) is 6.79 Å². The van der Waals surface area contributed by atoms with E-state index in [9.17, 15) is 8.42 Å².